The van der Waals surface area contributed by atoms with Crippen molar-refractivity contribution in [2.75, 3.05) is 29.3 Å². The Labute approximate surface area is 178 Å². The number of nitrogens with one attached hydrogen (secondary N) is 1. The third-order valence-corrected chi connectivity index (χ3v) is 6.93. The van der Waals surface area contributed by atoms with Gasteiger partial charge in [-0.3, -0.25) is 14.4 Å². The molecule has 2 amide bonds. The molecule has 1 atom stereocenters. The molecule has 9 nitrogen and oxygen atoms in total. The summed E-state index contributed by atoms with van der Waals surface area (Å²) >= 11 is 0. The normalized spacial score (nSPS) is 18.5. The van der Waals surface area contributed by atoms with Crippen molar-refractivity contribution in [3.63, 3.8) is 0 Å². The van der Waals surface area contributed by atoms with Gasteiger partial charge in [0.05, 0.1) is 23.7 Å². The maximum atomic E-state index is 13.4. The second kappa shape index (κ2) is 8.06. The lowest BCUT2D eigenvalue weighted by molar-refractivity contribution is -0.128. The van der Waals surface area contributed by atoms with Gasteiger partial charge >= 0.3 is 6.09 Å². The molecule has 2 aliphatic heterocycles. The van der Waals surface area contributed by atoms with Gasteiger partial charge in [-0.15, -0.1) is 0 Å². The molecule has 0 saturated carbocycles. The number of nitrogens with zero attached hydrogens (tertiary/aromatic N) is 2. The fourth-order valence-electron chi connectivity index (χ4n) is 3.71. The first-order valence-corrected chi connectivity index (χ1v) is 11.0. The summed E-state index contributed by atoms with van der Waals surface area (Å²) in [5.41, 5.74) is 0.321. The van der Waals surface area contributed by atoms with Crippen molar-refractivity contribution in [3.05, 3.63) is 48.3 Å². The molecule has 11 heteroatoms. The molecule has 164 valence electrons. The Morgan fingerprint density at radius 2 is 1.97 bits per heavy atom. The third kappa shape index (κ3) is 4.26. The summed E-state index contributed by atoms with van der Waals surface area (Å²) in [4.78, 5) is 24.5. The first kappa shape index (κ1) is 20.9. The van der Waals surface area contributed by atoms with Gasteiger partial charge in [-0.25, -0.2) is 17.6 Å². The zero-order valence-electron chi connectivity index (χ0n) is 16.3. The van der Waals surface area contributed by atoms with Crippen LogP contribution in [-0.2, 0) is 14.8 Å². The van der Waals surface area contributed by atoms with Crippen molar-refractivity contribution in [3.8, 4) is 5.75 Å². The molecule has 1 fully saturated rings. The fourth-order valence-corrected chi connectivity index (χ4v) is 5.21. The molecule has 0 radical (unpaired) electrons. The van der Waals surface area contributed by atoms with E-state index in [2.05, 4.69) is 5.32 Å². The van der Waals surface area contributed by atoms with Gasteiger partial charge in [0.25, 0.3) is 10.0 Å². The lowest BCUT2D eigenvalue weighted by atomic mass is 10.2. The van der Waals surface area contributed by atoms with Gasteiger partial charge in [0.2, 0.25) is 5.91 Å². The van der Waals surface area contributed by atoms with E-state index in [4.69, 9.17) is 9.84 Å². The lowest BCUT2D eigenvalue weighted by Gasteiger charge is -2.37. The molecule has 2 N–H and O–H groups in total. The number of anilines is 2. The average Bonchev–Trinajstić information content (AvgIpc) is 3.12. The minimum absolute atomic E-state index is 0.0108. The number of carboxylic acid groups (broad SMARTS) is 1. The Bertz CT molecular complexity index is 1120. The molecule has 0 bridgehead atoms. The van der Waals surface area contributed by atoms with Gasteiger partial charge in [-0.1, -0.05) is 0 Å². The summed E-state index contributed by atoms with van der Waals surface area (Å²) in [6.07, 6.45) is -0.729. The van der Waals surface area contributed by atoms with Gasteiger partial charge in [-0.2, -0.15) is 0 Å². The Morgan fingerprint density at radius 1 is 1.23 bits per heavy atom. The van der Waals surface area contributed by atoms with Crippen LogP contribution in [0, 0.1) is 5.82 Å². The smallest absolute Gasteiger partial charge is 0.409 e. The van der Waals surface area contributed by atoms with Crippen molar-refractivity contribution < 1.29 is 32.2 Å². The maximum Gasteiger partial charge on any atom is 0.409 e. The number of sulfonamides is 1. The van der Waals surface area contributed by atoms with Gasteiger partial charge in [0, 0.05) is 18.7 Å². The van der Waals surface area contributed by atoms with Crippen molar-refractivity contribution in [1.29, 1.82) is 0 Å². The van der Waals surface area contributed by atoms with Gasteiger partial charge < -0.3 is 14.7 Å². The highest BCUT2D eigenvalue weighted by Gasteiger charge is 2.36. The van der Waals surface area contributed by atoms with Crippen LogP contribution in [0.4, 0.5) is 20.6 Å². The molecule has 31 heavy (non-hydrogen) atoms. The summed E-state index contributed by atoms with van der Waals surface area (Å²) in [6.45, 7) is 0.716. The predicted molar refractivity (Wildman–Crippen MR) is 109 cm³/mol. The first-order valence-electron chi connectivity index (χ1n) is 9.61. The van der Waals surface area contributed by atoms with Crippen molar-refractivity contribution in [2.45, 2.75) is 23.8 Å². The highest BCUT2D eigenvalue weighted by Crippen LogP contribution is 2.39. The Hall–Kier alpha value is -3.34. The molecule has 0 aromatic heterocycles. The number of halogens is 1. The van der Waals surface area contributed by atoms with E-state index in [0.29, 0.717) is 13.0 Å². The SMILES string of the molecule is O=C(O)Nc1ccc2c(c1)N(S(=O)(=O)c1ccc(F)cc1)CC(CN1CCCC1=O)O2. The molecule has 2 aromatic carbocycles. The van der Waals surface area contributed by atoms with Crippen LogP contribution in [0.25, 0.3) is 0 Å². The largest absolute Gasteiger partial charge is 0.484 e. The number of carbonyl (C=O) groups is 2. The van der Waals surface area contributed by atoms with Crippen LogP contribution in [0.5, 0.6) is 5.75 Å². The van der Waals surface area contributed by atoms with Crippen LogP contribution in [0.3, 0.4) is 0 Å². The van der Waals surface area contributed by atoms with Crippen LogP contribution in [0.2, 0.25) is 0 Å². The highest BCUT2D eigenvalue weighted by molar-refractivity contribution is 7.92. The summed E-state index contributed by atoms with van der Waals surface area (Å²) in [5.74, 6) is -0.340. The number of ether oxygens (including phenoxy) is 1. The second-order valence-corrected chi connectivity index (χ2v) is 9.15. The number of benzene rings is 2. The summed E-state index contributed by atoms with van der Waals surface area (Å²) in [5, 5.41) is 11.2. The molecule has 1 unspecified atom stereocenters. The number of rotatable bonds is 5. The monoisotopic (exact) mass is 449 g/mol. The van der Waals surface area contributed by atoms with Crippen molar-refractivity contribution in [1.82, 2.24) is 4.90 Å². The van der Waals surface area contributed by atoms with E-state index in [1.54, 1.807) is 4.90 Å². The average molecular weight is 449 g/mol. The standard InChI is InChI=1S/C20H20FN3O6S/c21-13-3-6-16(7-4-13)31(28,29)24-12-15(11-23-9-1-2-19(23)25)30-18-8-5-14(10-17(18)24)22-20(26)27/h3-8,10,15,22H,1-2,9,11-12H2,(H,26,27). The van der Waals surface area contributed by atoms with Crippen LogP contribution >= 0.6 is 0 Å². The Balaban J connectivity index is 1.72. The summed E-state index contributed by atoms with van der Waals surface area (Å²) in [7, 11) is -4.11. The van der Waals surface area contributed by atoms with Gasteiger partial charge in [0.1, 0.15) is 17.7 Å². The number of amides is 2. The molecule has 2 heterocycles. The van der Waals surface area contributed by atoms with Crippen LogP contribution in [0.15, 0.2) is 47.4 Å². The number of hydrogen-bond donors (Lipinski definition) is 2. The number of carbonyl (C=O) groups excluding carboxylic acids is 1. The van der Waals surface area contributed by atoms with E-state index < -0.39 is 28.0 Å². The number of hydrogen-bond acceptors (Lipinski definition) is 5. The molecule has 2 aromatic rings. The molecule has 4 rings (SSSR count). The van der Waals surface area contributed by atoms with Crippen LogP contribution in [-0.4, -0.2) is 56.2 Å². The van der Waals surface area contributed by atoms with Crippen LogP contribution in [0.1, 0.15) is 12.8 Å². The molecule has 2 aliphatic rings. The fraction of sp³-hybridized carbons (Fsp3) is 0.300. The topological polar surface area (TPSA) is 116 Å². The zero-order valence-corrected chi connectivity index (χ0v) is 17.1. The second-order valence-electron chi connectivity index (χ2n) is 7.29. The highest BCUT2D eigenvalue weighted by atomic mass is 32.2. The lowest BCUT2D eigenvalue weighted by Crippen LogP contribution is -2.48. The maximum absolute atomic E-state index is 13.4. The molecule has 0 aliphatic carbocycles. The van der Waals surface area contributed by atoms with E-state index in [0.717, 1.165) is 35.0 Å². The minimum atomic E-state index is -4.11. The van der Waals surface area contributed by atoms with E-state index in [1.165, 1.54) is 18.2 Å². The third-order valence-electron chi connectivity index (χ3n) is 5.14. The van der Waals surface area contributed by atoms with Crippen LogP contribution < -0.4 is 14.4 Å². The number of fused-ring (bicyclic) bond motifs is 1. The Kier molecular flexibility index (Phi) is 5.44. The number of likely N-dealkylation sites (tertiary alicyclic amines) is 1. The molecular weight excluding hydrogens is 429 g/mol. The van der Waals surface area contributed by atoms with Crippen molar-refractivity contribution >= 4 is 33.4 Å². The van der Waals surface area contributed by atoms with E-state index in [-0.39, 0.29) is 41.0 Å². The summed E-state index contributed by atoms with van der Waals surface area (Å²) in [6, 6.07) is 8.73. The van der Waals surface area contributed by atoms with Gasteiger partial charge in [0.15, 0.2) is 0 Å². The predicted octanol–water partition coefficient (Wildman–Crippen LogP) is 2.49. The Morgan fingerprint density at radius 3 is 2.61 bits per heavy atom. The molecule has 0 spiro atoms. The minimum Gasteiger partial charge on any atom is -0.484 e. The first-order chi connectivity index (χ1) is 14.7. The molecule has 1 saturated heterocycles. The van der Waals surface area contributed by atoms with E-state index >= 15 is 0 Å². The van der Waals surface area contributed by atoms with Crippen molar-refractivity contribution in [2.24, 2.45) is 0 Å². The van der Waals surface area contributed by atoms with E-state index in [1.807, 2.05) is 0 Å². The summed E-state index contributed by atoms with van der Waals surface area (Å²) < 4.78 is 47.1. The molecular formula is C20H20FN3O6S. The van der Waals surface area contributed by atoms with Gasteiger partial charge in [-0.05, 0) is 48.9 Å². The quantitative estimate of drug-likeness (QED) is 0.725. The zero-order chi connectivity index (χ0) is 22.2. The van der Waals surface area contributed by atoms with E-state index in [9.17, 15) is 22.4 Å².